The predicted molar refractivity (Wildman–Crippen MR) is 42.3 cm³/mol. The zero-order valence-corrected chi connectivity index (χ0v) is 7.08. The van der Waals surface area contributed by atoms with Crippen LogP contribution in [-0.4, -0.2) is 22.7 Å². The summed E-state index contributed by atoms with van der Waals surface area (Å²) in [6.45, 7) is -0.649. The van der Waals surface area contributed by atoms with E-state index in [2.05, 4.69) is 9.72 Å². The maximum Gasteiger partial charge on any atom is 0.341 e. The first-order valence-corrected chi connectivity index (χ1v) is 3.63. The highest BCUT2D eigenvalue weighted by molar-refractivity contribution is 6.30. The van der Waals surface area contributed by atoms with Gasteiger partial charge < -0.3 is 9.84 Å². The monoisotopic (exact) mass is 205 g/mol. The number of pyridine rings is 1. The first kappa shape index (κ1) is 9.73. The predicted octanol–water partition coefficient (Wildman–Crippen LogP) is 1.34. The van der Waals surface area contributed by atoms with E-state index in [-0.39, 0.29) is 5.02 Å². The lowest BCUT2D eigenvalue weighted by Crippen LogP contribution is -2.11. The van der Waals surface area contributed by atoms with Crippen LogP contribution in [0.25, 0.3) is 0 Å². The van der Waals surface area contributed by atoms with Crippen molar-refractivity contribution in [2.75, 3.05) is 6.61 Å². The molecule has 4 nitrogen and oxygen atoms in total. The first-order valence-electron chi connectivity index (χ1n) is 3.26. The summed E-state index contributed by atoms with van der Waals surface area (Å²) in [6, 6.07) is 1.24. The Hall–Kier alpha value is -1.36. The number of rotatable bonds is 3. The smallest absolute Gasteiger partial charge is 0.341 e. The Kier molecular flexibility index (Phi) is 3.02. The number of carboxylic acid groups (broad SMARTS) is 1. The molecule has 0 aromatic carbocycles. The Labute approximate surface area is 77.9 Å². The molecule has 0 fully saturated rings. The summed E-state index contributed by atoms with van der Waals surface area (Å²) in [6.07, 6.45) is 1.22. The van der Waals surface area contributed by atoms with Gasteiger partial charge in [0.25, 0.3) is 5.88 Å². The van der Waals surface area contributed by atoms with E-state index in [1.165, 1.54) is 12.3 Å². The van der Waals surface area contributed by atoms with Crippen LogP contribution in [0.5, 0.6) is 5.88 Å². The maximum absolute atomic E-state index is 12.9. The molecule has 1 rings (SSSR count). The molecular weight excluding hydrogens is 201 g/mol. The molecule has 0 aliphatic rings. The van der Waals surface area contributed by atoms with E-state index in [1.807, 2.05) is 0 Å². The minimum Gasteiger partial charge on any atom is -0.479 e. The molecule has 0 saturated carbocycles. The van der Waals surface area contributed by atoms with Crippen LogP contribution in [0.3, 0.4) is 0 Å². The van der Waals surface area contributed by atoms with Gasteiger partial charge in [0.1, 0.15) is 0 Å². The molecule has 0 radical (unpaired) electrons. The number of hydrogen-bond donors (Lipinski definition) is 1. The third kappa shape index (κ3) is 2.55. The SMILES string of the molecule is O=C(O)COc1nccc(Cl)c1F. The van der Waals surface area contributed by atoms with Gasteiger partial charge in [0.05, 0.1) is 5.02 Å². The standard InChI is InChI=1S/C7H5ClFNO3/c8-4-1-2-10-7(6(4)9)13-3-5(11)12/h1-2H,3H2,(H,11,12). The number of nitrogens with zero attached hydrogens (tertiary/aromatic N) is 1. The third-order valence-electron chi connectivity index (χ3n) is 1.14. The molecule has 1 aromatic heterocycles. The van der Waals surface area contributed by atoms with Gasteiger partial charge in [0.2, 0.25) is 5.82 Å². The van der Waals surface area contributed by atoms with Crippen molar-refractivity contribution >= 4 is 17.6 Å². The van der Waals surface area contributed by atoms with Crippen LogP contribution in [0.4, 0.5) is 4.39 Å². The van der Waals surface area contributed by atoms with E-state index in [9.17, 15) is 9.18 Å². The van der Waals surface area contributed by atoms with Gasteiger partial charge in [-0.2, -0.15) is 4.39 Å². The largest absolute Gasteiger partial charge is 0.479 e. The quantitative estimate of drug-likeness (QED) is 0.809. The van der Waals surface area contributed by atoms with Gasteiger partial charge in [-0.25, -0.2) is 9.78 Å². The van der Waals surface area contributed by atoms with Crippen molar-refractivity contribution in [3.63, 3.8) is 0 Å². The molecule has 1 heterocycles. The Balaban J connectivity index is 2.77. The Morgan fingerprint density at radius 1 is 1.77 bits per heavy atom. The minimum atomic E-state index is -1.21. The molecule has 70 valence electrons. The second-order valence-electron chi connectivity index (χ2n) is 2.09. The number of carbonyl (C=O) groups is 1. The van der Waals surface area contributed by atoms with Crippen molar-refractivity contribution in [1.29, 1.82) is 0 Å². The topological polar surface area (TPSA) is 59.4 Å². The molecular formula is C7H5ClFNO3. The van der Waals surface area contributed by atoms with E-state index in [1.54, 1.807) is 0 Å². The van der Waals surface area contributed by atoms with E-state index >= 15 is 0 Å². The van der Waals surface area contributed by atoms with Gasteiger partial charge in [-0.3, -0.25) is 0 Å². The zero-order valence-electron chi connectivity index (χ0n) is 6.33. The van der Waals surface area contributed by atoms with Gasteiger partial charge in [-0.1, -0.05) is 11.6 Å². The van der Waals surface area contributed by atoms with Crippen LogP contribution in [0.1, 0.15) is 0 Å². The zero-order chi connectivity index (χ0) is 9.84. The summed E-state index contributed by atoms with van der Waals surface area (Å²) in [5.74, 6) is -2.47. The van der Waals surface area contributed by atoms with Gasteiger partial charge in [0, 0.05) is 6.20 Å². The van der Waals surface area contributed by atoms with Gasteiger partial charge >= 0.3 is 5.97 Å². The molecule has 0 atom stereocenters. The van der Waals surface area contributed by atoms with Crippen LogP contribution in [-0.2, 0) is 4.79 Å². The summed E-state index contributed by atoms with van der Waals surface area (Å²) in [5, 5.41) is 8.07. The Bertz CT molecular complexity index is 332. The van der Waals surface area contributed by atoms with Crippen LogP contribution in [0, 0.1) is 5.82 Å². The van der Waals surface area contributed by atoms with Crippen LogP contribution in [0.15, 0.2) is 12.3 Å². The third-order valence-corrected chi connectivity index (χ3v) is 1.43. The highest BCUT2D eigenvalue weighted by atomic mass is 35.5. The molecule has 13 heavy (non-hydrogen) atoms. The molecule has 0 bridgehead atoms. The Morgan fingerprint density at radius 3 is 3.08 bits per heavy atom. The Morgan fingerprint density at radius 2 is 2.46 bits per heavy atom. The number of aromatic nitrogens is 1. The summed E-state index contributed by atoms with van der Waals surface area (Å²) in [4.78, 5) is 13.5. The van der Waals surface area contributed by atoms with Crippen molar-refractivity contribution in [2.24, 2.45) is 0 Å². The molecule has 0 unspecified atom stereocenters. The highest BCUT2D eigenvalue weighted by Crippen LogP contribution is 2.20. The maximum atomic E-state index is 12.9. The lowest BCUT2D eigenvalue weighted by atomic mass is 10.4. The normalized spacial score (nSPS) is 9.69. The minimum absolute atomic E-state index is 0.157. The summed E-state index contributed by atoms with van der Waals surface area (Å²) in [5.41, 5.74) is 0. The summed E-state index contributed by atoms with van der Waals surface area (Å²) < 4.78 is 17.4. The second-order valence-corrected chi connectivity index (χ2v) is 2.50. The summed E-state index contributed by atoms with van der Waals surface area (Å²) in [7, 11) is 0. The molecule has 1 aromatic rings. The molecule has 0 spiro atoms. The van der Waals surface area contributed by atoms with E-state index < -0.39 is 24.3 Å². The van der Waals surface area contributed by atoms with E-state index in [0.717, 1.165) is 0 Å². The van der Waals surface area contributed by atoms with Crippen molar-refractivity contribution in [3.05, 3.63) is 23.1 Å². The van der Waals surface area contributed by atoms with Gasteiger partial charge in [-0.15, -0.1) is 0 Å². The average Bonchev–Trinajstić information content (AvgIpc) is 2.07. The fourth-order valence-electron chi connectivity index (χ4n) is 0.633. The molecule has 6 heteroatoms. The lowest BCUT2D eigenvalue weighted by Gasteiger charge is -2.02. The molecule has 1 N–H and O–H groups in total. The first-order chi connectivity index (χ1) is 6.11. The fraction of sp³-hybridized carbons (Fsp3) is 0.143. The molecule has 0 aliphatic heterocycles. The number of carboxylic acids is 1. The van der Waals surface area contributed by atoms with E-state index in [0.29, 0.717) is 0 Å². The van der Waals surface area contributed by atoms with Crippen LogP contribution >= 0.6 is 11.6 Å². The number of ether oxygens (including phenoxy) is 1. The highest BCUT2D eigenvalue weighted by Gasteiger charge is 2.09. The molecule has 0 saturated heterocycles. The van der Waals surface area contributed by atoms with Gasteiger partial charge in [0.15, 0.2) is 6.61 Å². The number of halogens is 2. The molecule has 0 amide bonds. The van der Waals surface area contributed by atoms with Crippen molar-refractivity contribution in [2.45, 2.75) is 0 Å². The fourth-order valence-corrected chi connectivity index (χ4v) is 0.770. The van der Waals surface area contributed by atoms with Gasteiger partial charge in [-0.05, 0) is 6.07 Å². The lowest BCUT2D eigenvalue weighted by molar-refractivity contribution is -0.139. The number of hydrogen-bond acceptors (Lipinski definition) is 3. The van der Waals surface area contributed by atoms with E-state index in [4.69, 9.17) is 16.7 Å². The summed E-state index contributed by atoms with van der Waals surface area (Å²) >= 11 is 5.39. The van der Waals surface area contributed by atoms with Crippen LogP contribution < -0.4 is 4.74 Å². The molecule has 0 aliphatic carbocycles. The number of aliphatic carboxylic acids is 1. The van der Waals surface area contributed by atoms with Crippen molar-refractivity contribution in [3.8, 4) is 5.88 Å². The van der Waals surface area contributed by atoms with Crippen molar-refractivity contribution < 1.29 is 19.0 Å². The average molecular weight is 206 g/mol. The second kappa shape index (κ2) is 4.04. The van der Waals surface area contributed by atoms with Crippen molar-refractivity contribution in [1.82, 2.24) is 4.98 Å². The van der Waals surface area contributed by atoms with Crippen LogP contribution in [0.2, 0.25) is 5.02 Å².